The van der Waals surface area contributed by atoms with Gasteiger partial charge in [0.25, 0.3) is 5.91 Å². The number of likely N-dealkylation sites (tertiary alicyclic amines) is 1. The highest BCUT2D eigenvalue weighted by atomic mass is 16.5. The molecule has 0 bridgehead atoms. The number of hydrogen-bond acceptors (Lipinski definition) is 4. The molecule has 0 saturated carbocycles. The Morgan fingerprint density at radius 3 is 2.78 bits per heavy atom. The van der Waals surface area contributed by atoms with Crippen molar-refractivity contribution in [3.05, 3.63) is 17.0 Å². The molecular formula is C17H25N3O3. The summed E-state index contributed by atoms with van der Waals surface area (Å²) in [5.74, 6) is 1.21. The summed E-state index contributed by atoms with van der Waals surface area (Å²) < 4.78 is 5.38. The SMILES string of the molecule is CC(C)CC(=O)NC1CCc2onc(C(=O)N3CCCC3)c2C1. The first kappa shape index (κ1) is 16.0. The Hall–Kier alpha value is -1.85. The van der Waals surface area contributed by atoms with Crippen molar-refractivity contribution in [3.8, 4) is 0 Å². The lowest BCUT2D eigenvalue weighted by Gasteiger charge is -2.23. The van der Waals surface area contributed by atoms with Crippen molar-refractivity contribution in [2.45, 2.75) is 58.4 Å². The van der Waals surface area contributed by atoms with E-state index in [2.05, 4.69) is 10.5 Å². The van der Waals surface area contributed by atoms with E-state index in [0.717, 1.165) is 50.1 Å². The maximum absolute atomic E-state index is 12.6. The summed E-state index contributed by atoms with van der Waals surface area (Å²) in [7, 11) is 0. The van der Waals surface area contributed by atoms with Crippen LogP contribution in [-0.2, 0) is 17.6 Å². The Bertz CT molecular complexity index is 588. The fraction of sp³-hybridized carbons (Fsp3) is 0.706. The van der Waals surface area contributed by atoms with Gasteiger partial charge in [-0.3, -0.25) is 9.59 Å². The van der Waals surface area contributed by atoms with Crippen molar-refractivity contribution in [2.75, 3.05) is 13.1 Å². The lowest BCUT2D eigenvalue weighted by atomic mass is 9.91. The van der Waals surface area contributed by atoms with E-state index in [9.17, 15) is 9.59 Å². The molecule has 126 valence electrons. The van der Waals surface area contributed by atoms with Crippen LogP contribution in [-0.4, -0.2) is 41.0 Å². The summed E-state index contributed by atoms with van der Waals surface area (Å²) >= 11 is 0. The minimum atomic E-state index is -0.0262. The van der Waals surface area contributed by atoms with Gasteiger partial charge in [-0.05, 0) is 31.6 Å². The average molecular weight is 319 g/mol. The van der Waals surface area contributed by atoms with Gasteiger partial charge in [-0.2, -0.15) is 0 Å². The number of nitrogens with zero attached hydrogens (tertiary/aromatic N) is 2. The van der Waals surface area contributed by atoms with Gasteiger partial charge >= 0.3 is 0 Å². The highest BCUT2D eigenvalue weighted by Gasteiger charge is 2.32. The average Bonchev–Trinajstić information content (AvgIpc) is 3.15. The molecule has 6 nitrogen and oxygen atoms in total. The van der Waals surface area contributed by atoms with E-state index < -0.39 is 0 Å². The van der Waals surface area contributed by atoms with E-state index in [4.69, 9.17) is 4.52 Å². The summed E-state index contributed by atoms with van der Waals surface area (Å²) in [5.41, 5.74) is 1.34. The van der Waals surface area contributed by atoms with Crippen LogP contribution < -0.4 is 5.32 Å². The maximum Gasteiger partial charge on any atom is 0.276 e. The summed E-state index contributed by atoms with van der Waals surface area (Å²) in [6.45, 7) is 5.67. The molecule has 1 fully saturated rings. The molecule has 0 aromatic carbocycles. The van der Waals surface area contributed by atoms with Crippen LogP contribution in [0.4, 0.5) is 0 Å². The van der Waals surface area contributed by atoms with Gasteiger partial charge in [-0.15, -0.1) is 0 Å². The van der Waals surface area contributed by atoms with Gasteiger partial charge in [-0.25, -0.2) is 0 Å². The number of aryl methyl sites for hydroxylation is 1. The molecule has 1 saturated heterocycles. The molecule has 2 heterocycles. The number of carbonyl (C=O) groups is 2. The van der Waals surface area contributed by atoms with Gasteiger partial charge < -0.3 is 14.7 Å². The third-order valence-electron chi connectivity index (χ3n) is 4.59. The molecule has 0 spiro atoms. The van der Waals surface area contributed by atoms with Crippen LogP contribution >= 0.6 is 0 Å². The number of hydrogen-bond donors (Lipinski definition) is 1. The molecule has 1 atom stereocenters. The topological polar surface area (TPSA) is 75.4 Å². The minimum absolute atomic E-state index is 0.0262. The van der Waals surface area contributed by atoms with Crippen LogP contribution in [0.5, 0.6) is 0 Å². The number of aromatic nitrogens is 1. The van der Waals surface area contributed by atoms with Crippen molar-refractivity contribution in [3.63, 3.8) is 0 Å². The molecule has 1 N–H and O–H groups in total. The first-order valence-electron chi connectivity index (χ1n) is 8.60. The van der Waals surface area contributed by atoms with Crippen LogP contribution in [0.15, 0.2) is 4.52 Å². The lowest BCUT2D eigenvalue weighted by molar-refractivity contribution is -0.122. The monoisotopic (exact) mass is 319 g/mol. The molecule has 1 aromatic rings. The Morgan fingerprint density at radius 2 is 2.09 bits per heavy atom. The van der Waals surface area contributed by atoms with Crippen LogP contribution in [0.1, 0.15) is 61.3 Å². The van der Waals surface area contributed by atoms with Gasteiger partial charge in [0, 0.05) is 37.5 Å². The summed E-state index contributed by atoms with van der Waals surface area (Å²) in [5, 5.41) is 7.11. The fourth-order valence-corrected chi connectivity index (χ4v) is 3.42. The quantitative estimate of drug-likeness (QED) is 0.920. The molecule has 2 aliphatic rings. The Kier molecular flexibility index (Phi) is 4.68. The second-order valence-electron chi connectivity index (χ2n) is 7.04. The molecule has 1 unspecified atom stereocenters. The molecular weight excluding hydrogens is 294 g/mol. The lowest BCUT2D eigenvalue weighted by Crippen LogP contribution is -2.39. The van der Waals surface area contributed by atoms with Crippen molar-refractivity contribution in [2.24, 2.45) is 5.92 Å². The van der Waals surface area contributed by atoms with Crippen molar-refractivity contribution >= 4 is 11.8 Å². The number of rotatable bonds is 4. The predicted octanol–water partition coefficient (Wildman–Crippen LogP) is 1.93. The van der Waals surface area contributed by atoms with Gasteiger partial charge in [0.1, 0.15) is 5.76 Å². The van der Waals surface area contributed by atoms with E-state index in [1.165, 1.54) is 0 Å². The van der Waals surface area contributed by atoms with Crippen molar-refractivity contribution < 1.29 is 14.1 Å². The summed E-state index contributed by atoms with van der Waals surface area (Å²) in [6.07, 6.45) is 4.84. The Morgan fingerprint density at radius 1 is 1.35 bits per heavy atom. The van der Waals surface area contributed by atoms with Gasteiger partial charge in [0.15, 0.2) is 5.69 Å². The van der Waals surface area contributed by atoms with Crippen LogP contribution in [0.3, 0.4) is 0 Å². The van der Waals surface area contributed by atoms with Gasteiger partial charge in [0.2, 0.25) is 5.91 Å². The number of nitrogens with one attached hydrogen (secondary N) is 1. The molecule has 1 aliphatic heterocycles. The zero-order valence-electron chi connectivity index (χ0n) is 13.9. The standard InChI is InChI=1S/C17H25N3O3/c1-11(2)9-15(21)18-12-5-6-14-13(10-12)16(19-23-14)17(22)20-7-3-4-8-20/h11-12H,3-10H2,1-2H3,(H,18,21). The van der Waals surface area contributed by atoms with Crippen LogP contribution in [0.2, 0.25) is 0 Å². The fourth-order valence-electron chi connectivity index (χ4n) is 3.42. The normalized spacial score (nSPS) is 20.7. The number of amides is 2. The highest BCUT2D eigenvalue weighted by molar-refractivity contribution is 5.94. The van der Waals surface area contributed by atoms with E-state index in [1.807, 2.05) is 18.7 Å². The molecule has 23 heavy (non-hydrogen) atoms. The third-order valence-corrected chi connectivity index (χ3v) is 4.59. The second-order valence-corrected chi connectivity index (χ2v) is 7.04. The smallest absolute Gasteiger partial charge is 0.276 e. The Balaban J connectivity index is 1.68. The first-order valence-corrected chi connectivity index (χ1v) is 8.60. The Labute approximate surface area is 136 Å². The van der Waals surface area contributed by atoms with Crippen molar-refractivity contribution in [1.82, 2.24) is 15.4 Å². The first-order chi connectivity index (χ1) is 11.0. The minimum Gasteiger partial charge on any atom is -0.360 e. The van der Waals surface area contributed by atoms with Crippen molar-refractivity contribution in [1.29, 1.82) is 0 Å². The zero-order valence-corrected chi connectivity index (χ0v) is 13.9. The second kappa shape index (κ2) is 6.72. The third kappa shape index (κ3) is 3.57. The zero-order chi connectivity index (χ0) is 16.4. The van der Waals surface area contributed by atoms with E-state index in [0.29, 0.717) is 24.5 Å². The van der Waals surface area contributed by atoms with Crippen LogP contribution in [0.25, 0.3) is 0 Å². The van der Waals surface area contributed by atoms with Gasteiger partial charge in [0.05, 0.1) is 0 Å². The molecule has 0 radical (unpaired) electrons. The number of fused-ring (bicyclic) bond motifs is 1. The summed E-state index contributed by atoms with van der Waals surface area (Å²) in [6, 6.07) is 0.0679. The predicted molar refractivity (Wildman–Crippen MR) is 85.1 cm³/mol. The summed E-state index contributed by atoms with van der Waals surface area (Å²) in [4.78, 5) is 26.4. The van der Waals surface area contributed by atoms with E-state index in [-0.39, 0.29) is 17.9 Å². The molecule has 6 heteroatoms. The van der Waals surface area contributed by atoms with Crippen LogP contribution in [0, 0.1) is 5.92 Å². The maximum atomic E-state index is 12.6. The largest absolute Gasteiger partial charge is 0.360 e. The number of carbonyl (C=O) groups excluding carboxylic acids is 2. The van der Waals surface area contributed by atoms with E-state index >= 15 is 0 Å². The van der Waals surface area contributed by atoms with E-state index in [1.54, 1.807) is 0 Å². The molecule has 1 aliphatic carbocycles. The highest BCUT2D eigenvalue weighted by Crippen LogP contribution is 2.26. The molecule has 3 rings (SSSR count). The molecule has 1 aromatic heterocycles. The van der Waals surface area contributed by atoms with Gasteiger partial charge in [-0.1, -0.05) is 19.0 Å². The molecule has 2 amide bonds.